The minimum Gasteiger partial charge on any atom is -0.262 e. The highest BCUT2D eigenvalue weighted by Gasteiger charge is 2.22. The van der Waals surface area contributed by atoms with Crippen LogP contribution in [0.2, 0.25) is 0 Å². The lowest BCUT2D eigenvalue weighted by Gasteiger charge is -2.12. The average molecular weight is 445 g/mol. The van der Waals surface area contributed by atoms with Gasteiger partial charge >= 0.3 is 0 Å². The molecule has 1 heterocycles. The van der Waals surface area contributed by atoms with Crippen molar-refractivity contribution in [2.24, 2.45) is 0 Å². The largest absolute Gasteiger partial charge is 0.263 e. The van der Waals surface area contributed by atoms with Crippen LogP contribution in [0.25, 0.3) is 5.69 Å². The molecule has 0 atom stereocenters. The van der Waals surface area contributed by atoms with Crippen LogP contribution in [0.3, 0.4) is 0 Å². The third-order valence-electron chi connectivity index (χ3n) is 3.94. The number of benzene rings is 2. The second-order valence-corrected chi connectivity index (χ2v) is 8.73. The first-order valence-electron chi connectivity index (χ1n) is 8.08. The van der Waals surface area contributed by atoms with Gasteiger partial charge in [0, 0.05) is 0 Å². The number of nitrogens with zero attached hydrogens (tertiary/aromatic N) is 3. The molecule has 1 aromatic heterocycles. The first-order chi connectivity index (χ1) is 12.7. The molecule has 0 amide bonds. The molecule has 8 heteroatoms. The third kappa shape index (κ3) is 3.89. The third-order valence-corrected chi connectivity index (χ3v) is 6.23. The molecule has 0 spiro atoms. The number of nitriles is 1. The van der Waals surface area contributed by atoms with Crippen LogP contribution in [-0.4, -0.2) is 18.2 Å². The van der Waals surface area contributed by atoms with Crippen molar-refractivity contribution in [3.05, 3.63) is 69.3 Å². The fraction of sp³-hybridized carbons (Fsp3) is 0.158. The van der Waals surface area contributed by atoms with E-state index >= 15 is 0 Å². The van der Waals surface area contributed by atoms with Gasteiger partial charge in [-0.05, 0) is 78.2 Å². The van der Waals surface area contributed by atoms with Gasteiger partial charge in [0.1, 0.15) is 0 Å². The molecule has 0 unspecified atom stereocenters. The van der Waals surface area contributed by atoms with Crippen LogP contribution in [0.5, 0.6) is 0 Å². The molecule has 3 aromatic rings. The van der Waals surface area contributed by atoms with Gasteiger partial charge in [-0.2, -0.15) is 10.4 Å². The molecule has 1 N–H and O–H groups in total. The molecule has 0 fully saturated rings. The van der Waals surface area contributed by atoms with E-state index in [-0.39, 0.29) is 10.5 Å². The van der Waals surface area contributed by atoms with Crippen molar-refractivity contribution in [3.8, 4) is 11.8 Å². The van der Waals surface area contributed by atoms with E-state index in [0.29, 0.717) is 16.0 Å². The first kappa shape index (κ1) is 19.1. The molecule has 3 rings (SSSR count). The summed E-state index contributed by atoms with van der Waals surface area (Å²) >= 11 is 3.43. The number of aromatic nitrogens is 2. The summed E-state index contributed by atoms with van der Waals surface area (Å²) in [6.45, 7) is 5.73. The number of anilines is 1. The molecular formula is C19H17BrN4O2S. The number of rotatable bonds is 4. The Bertz CT molecular complexity index is 1160. The molecule has 0 radical (unpaired) electrons. The zero-order valence-electron chi connectivity index (χ0n) is 15.0. The Balaban J connectivity index is 2.11. The van der Waals surface area contributed by atoms with Crippen LogP contribution < -0.4 is 4.72 Å². The van der Waals surface area contributed by atoms with Crippen LogP contribution in [-0.2, 0) is 10.0 Å². The normalized spacial score (nSPS) is 11.2. The monoisotopic (exact) mass is 444 g/mol. The lowest BCUT2D eigenvalue weighted by atomic mass is 10.1. The fourth-order valence-corrected chi connectivity index (χ4v) is 4.35. The highest BCUT2D eigenvalue weighted by Crippen LogP contribution is 2.31. The number of hydrogen-bond acceptors (Lipinski definition) is 4. The summed E-state index contributed by atoms with van der Waals surface area (Å²) in [5, 5.41) is 13.5. The Labute approximate surface area is 166 Å². The van der Waals surface area contributed by atoms with Crippen molar-refractivity contribution in [2.75, 3.05) is 4.72 Å². The maximum absolute atomic E-state index is 12.9. The molecule has 0 saturated carbocycles. The van der Waals surface area contributed by atoms with Crippen molar-refractivity contribution in [3.63, 3.8) is 0 Å². The van der Waals surface area contributed by atoms with E-state index in [1.54, 1.807) is 17.7 Å². The van der Waals surface area contributed by atoms with E-state index in [2.05, 4.69) is 25.8 Å². The summed E-state index contributed by atoms with van der Waals surface area (Å²) in [5.74, 6) is 0.305. The number of sulfonamides is 1. The van der Waals surface area contributed by atoms with Gasteiger partial charge in [-0.3, -0.25) is 4.72 Å². The van der Waals surface area contributed by atoms with E-state index in [1.807, 2.05) is 38.1 Å². The van der Waals surface area contributed by atoms with Crippen molar-refractivity contribution in [1.82, 2.24) is 9.78 Å². The fourth-order valence-electron chi connectivity index (χ4n) is 2.78. The highest BCUT2D eigenvalue weighted by molar-refractivity contribution is 9.10. The van der Waals surface area contributed by atoms with E-state index in [1.165, 1.54) is 18.2 Å². The molecule has 0 aliphatic carbocycles. The van der Waals surface area contributed by atoms with E-state index in [0.717, 1.165) is 16.8 Å². The zero-order chi connectivity index (χ0) is 19.8. The topological polar surface area (TPSA) is 87.8 Å². The summed E-state index contributed by atoms with van der Waals surface area (Å²) in [5.41, 5.74) is 3.77. The summed E-state index contributed by atoms with van der Waals surface area (Å²) in [6.07, 6.45) is 0. The Kier molecular flexibility index (Phi) is 5.09. The zero-order valence-corrected chi connectivity index (χ0v) is 17.4. The molecule has 0 aliphatic heterocycles. The first-order valence-corrected chi connectivity index (χ1v) is 10.4. The second kappa shape index (κ2) is 7.18. The van der Waals surface area contributed by atoms with Gasteiger partial charge in [0.05, 0.1) is 32.4 Å². The van der Waals surface area contributed by atoms with Crippen LogP contribution in [0, 0.1) is 32.1 Å². The molecule has 6 nitrogen and oxygen atoms in total. The minimum absolute atomic E-state index is 0.0132. The smallest absolute Gasteiger partial charge is 0.262 e. The quantitative estimate of drug-likeness (QED) is 0.651. The van der Waals surface area contributed by atoms with Crippen molar-refractivity contribution in [2.45, 2.75) is 25.7 Å². The Morgan fingerprint density at radius 2 is 1.78 bits per heavy atom. The molecule has 0 bridgehead atoms. The van der Waals surface area contributed by atoms with Crippen molar-refractivity contribution in [1.29, 1.82) is 5.26 Å². The van der Waals surface area contributed by atoms with E-state index in [9.17, 15) is 8.42 Å². The van der Waals surface area contributed by atoms with Gasteiger partial charge in [-0.25, -0.2) is 13.1 Å². The van der Waals surface area contributed by atoms with E-state index < -0.39 is 10.0 Å². The SMILES string of the molecule is Cc1cc(C)cc(-n2nc(C)c(Br)c2NS(=O)(=O)c2cccc(C#N)c2)c1. The Hall–Kier alpha value is -2.63. The van der Waals surface area contributed by atoms with Crippen molar-refractivity contribution < 1.29 is 8.42 Å². The molecule has 0 aliphatic rings. The minimum atomic E-state index is -3.90. The van der Waals surface area contributed by atoms with Gasteiger partial charge in [0.15, 0.2) is 5.82 Å². The summed E-state index contributed by atoms with van der Waals surface area (Å²) < 4.78 is 30.4. The standard InChI is InChI=1S/C19H17BrN4O2S/c1-12-7-13(2)9-16(8-12)24-19(18(20)14(3)22-24)23-27(25,26)17-6-4-5-15(10-17)11-21/h4-10,23H,1-3H3. The maximum atomic E-state index is 12.9. The van der Waals surface area contributed by atoms with Crippen LogP contribution in [0.15, 0.2) is 51.8 Å². The second-order valence-electron chi connectivity index (χ2n) is 6.25. The molecule has 0 saturated heterocycles. The number of nitrogens with one attached hydrogen (secondary N) is 1. The van der Waals surface area contributed by atoms with Crippen LogP contribution in [0.1, 0.15) is 22.4 Å². The summed E-state index contributed by atoms with van der Waals surface area (Å²) in [7, 11) is -3.90. The number of halogens is 1. The van der Waals surface area contributed by atoms with Gasteiger partial charge in [0.25, 0.3) is 10.0 Å². The highest BCUT2D eigenvalue weighted by atomic mass is 79.9. The number of aryl methyl sites for hydroxylation is 3. The van der Waals surface area contributed by atoms with Crippen LogP contribution >= 0.6 is 15.9 Å². The molecule has 27 heavy (non-hydrogen) atoms. The predicted octanol–water partition coefficient (Wildman–Crippen LogP) is 4.23. The van der Waals surface area contributed by atoms with Gasteiger partial charge in [-0.15, -0.1) is 0 Å². The predicted molar refractivity (Wildman–Crippen MR) is 107 cm³/mol. The van der Waals surface area contributed by atoms with Gasteiger partial charge < -0.3 is 0 Å². The van der Waals surface area contributed by atoms with Gasteiger partial charge in [-0.1, -0.05) is 12.1 Å². The van der Waals surface area contributed by atoms with E-state index in [4.69, 9.17) is 5.26 Å². The lowest BCUT2D eigenvalue weighted by Crippen LogP contribution is -2.16. The summed E-state index contributed by atoms with van der Waals surface area (Å²) in [6, 6.07) is 13.7. The van der Waals surface area contributed by atoms with Gasteiger partial charge in [0.2, 0.25) is 0 Å². The van der Waals surface area contributed by atoms with Crippen molar-refractivity contribution >= 4 is 31.8 Å². The lowest BCUT2D eigenvalue weighted by molar-refractivity contribution is 0.600. The number of hydrogen-bond donors (Lipinski definition) is 1. The molecule has 2 aromatic carbocycles. The average Bonchev–Trinajstić information content (AvgIpc) is 2.89. The Morgan fingerprint density at radius 1 is 1.11 bits per heavy atom. The maximum Gasteiger partial charge on any atom is 0.263 e. The van der Waals surface area contributed by atoms with Crippen LogP contribution in [0.4, 0.5) is 5.82 Å². The molecule has 138 valence electrons. The Morgan fingerprint density at radius 3 is 2.41 bits per heavy atom. The summed E-state index contributed by atoms with van der Waals surface area (Å²) in [4.78, 5) is 0.0132. The molecular weight excluding hydrogens is 428 g/mol.